The van der Waals surface area contributed by atoms with Gasteiger partial charge in [0.25, 0.3) is 0 Å². The highest BCUT2D eigenvalue weighted by atomic mass is 19.4. The minimum atomic E-state index is -4.81. The zero-order valence-electron chi connectivity index (χ0n) is 14.9. The van der Waals surface area contributed by atoms with Crippen molar-refractivity contribution in [3.05, 3.63) is 65.7 Å². The Bertz CT molecular complexity index is 794. The molecule has 0 saturated heterocycles. The number of carbonyl (C=O) groups is 2. The van der Waals surface area contributed by atoms with Crippen molar-refractivity contribution >= 4 is 11.9 Å². The number of ether oxygens (including phenoxy) is 1. The SMILES string of the molecule is O=C(O)CCC(Cc1ccccc1)NC(=O)Cc1cccc(OC(F)(F)F)c1. The second-order valence-corrected chi connectivity index (χ2v) is 6.26. The van der Waals surface area contributed by atoms with Gasteiger partial charge in [0.15, 0.2) is 0 Å². The van der Waals surface area contributed by atoms with Crippen LogP contribution in [0.15, 0.2) is 54.6 Å². The maximum absolute atomic E-state index is 12.3. The van der Waals surface area contributed by atoms with Gasteiger partial charge in [0, 0.05) is 12.5 Å². The smallest absolute Gasteiger partial charge is 0.481 e. The van der Waals surface area contributed by atoms with E-state index in [0.29, 0.717) is 12.0 Å². The van der Waals surface area contributed by atoms with Crippen LogP contribution in [-0.4, -0.2) is 29.4 Å². The van der Waals surface area contributed by atoms with Crippen molar-refractivity contribution in [2.75, 3.05) is 0 Å². The Balaban J connectivity index is 2.00. The largest absolute Gasteiger partial charge is 0.573 e. The van der Waals surface area contributed by atoms with E-state index in [2.05, 4.69) is 10.1 Å². The minimum Gasteiger partial charge on any atom is -0.481 e. The third-order valence-electron chi connectivity index (χ3n) is 3.89. The highest BCUT2D eigenvalue weighted by molar-refractivity contribution is 5.79. The Kier molecular flexibility index (Phi) is 7.43. The molecule has 1 unspecified atom stereocenters. The number of halogens is 3. The number of amides is 1. The number of benzene rings is 2. The molecule has 0 saturated carbocycles. The summed E-state index contributed by atoms with van der Waals surface area (Å²) in [5.74, 6) is -1.77. The zero-order valence-corrected chi connectivity index (χ0v) is 14.9. The lowest BCUT2D eigenvalue weighted by Crippen LogP contribution is -2.37. The molecule has 2 N–H and O–H groups in total. The number of aliphatic carboxylic acids is 1. The standard InChI is InChI=1S/C20H20F3NO4/c21-20(22,23)28-17-8-4-7-15(12-17)13-18(25)24-16(9-10-19(26)27)11-14-5-2-1-3-6-14/h1-8,12,16H,9-11,13H2,(H,24,25)(H,26,27). The summed E-state index contributed by atoms with van der Waals surface area (Å²) in [5, 5.41) is 11.7. The molecule has 8 heteroatoms. The number of carbonyl (C=O) groups excluding carboxylic acids is 1. The molecule has 5 nitrogen and oxygen atoms in total. The molecule has 0 bridgehead atoms. The van der Waals surface area contributed by atoms with Crippen LogP contribution in [0.5, 0.6) is 5.75 Å². The molecule has 0 aliphatic carbocycles. The van der Waals surface area contributed by atoms with Gasteiger partial charge in [-0.25, -0.2) is 0 Å². The lowest BCUT2D eigenvalue weighted by atomic mass is 10.0. The molecule has 0 radical (unpaired) electrons. The number of hydrogen-bond donors (Lipinski definition) is 2. The molecule has 0 aliphatic rings. The van der Waals surface area contributed by atoms with Crippen LogP contribution in [0.3, 0.4) is 0 Å². The number of nitrogens with one attached hydrogen (secondary N) is 1. The van der Waals surface area contributed by atoms with Gasteiger partial charge < -0.3 is 15.2 Å². The topological polar surface area (TPSA) is 75.6 Å². The molecule has 1 amide bonds. The molecular weight excluding hydrogens is 375 g/mol. The predicted molar refractivity (Wildman–Crippen MR) is 95.8 cm³/mol. The maximum atomic E-state index is 12.3. The van der Waals surface area contributed by atoms with Crippen LogP contribution in [0, 0.1) is 0 Å². The Morgan fingerprint density at radius 1 is 1.04 bits per heavy atom. The first-order chi connectivity index (χ1) is 13.2. The molecule has 0 aromatic heterocycles. The van der Waals surface area contributed by atoms with Crippen LogP contribution in [0.25, 0.3) is 0 Å². The van der Waals surface area contributed by atoms with E-state index < -0.39 is 30.0 Å². The predicted octanol–water partition coefficient (Wildman–Crippen LogP) is 3.72. The molecule has 2 rings (SSSR count). The van der Waals surface area contributed by atoms with Crippen LogP contribution in [0.4, 0.5) is 13.2 Å². The summed E-state index contributed by atoms with van der Waals surface area (Å²) in [6.07, 6.45) is -4.36. The van der Waals surface area contributed by atoms with E-state index in [9.17, 15) is 22.8 Å². The van der Waals surface area contributed by atoms with Crippen molar-refractivity contribution < 1.29 is 32.6 Å². The van der Waals surface area contributed by atoms with E-state index in [1.165, 1.54) is 12.1 Å². The first-order valence-electron chi connectivity index (χ1n) is 8.61. The molecule has 0 fully saturated rings. The second-order valence-electron chi connectivity index (χ2n) is 6.26. The van der Waals surface area contributed by atoms with Gasteiger partial charge in [-0.3, -0.25) is 9.59 Å². The summed E-state index contributed by atoms with van der Waals surface area (Å²) in [6.45, 7) is 0. The first-order valence-corrected chi connectivity index (χ1v) is 8.61. The maximum Gasteiger partial charge on any atom is 0.573 e. The first kappa shape index (κ1) is 21.3. The van der Waals surface area contributed by atoms with Gasteiger partial charge in [0.1, 0.15) is 5.75 Å². The normalized spacial score (nSPS) is 12.2. The second kappa shape index (κ2) is 9.77. The average Bonchev–Trinajstić information content (AvgIpc) is 2.59. The van der Waals surface area contributed by atoms with Crippen molar-refractivity contribution in [1.29, 1.82) is 0 Å². The minimum absolute atomic E-state index is 0.104. The van der Waals surface area contributed by atoms with Gasteiger partial charge in [-0.1, -0.05) is 42.5 Å². The fourth-order valence-electron chi connectivity index (χ4n) is 2.74. The summed E-state index contributed by atoms with van der Waals surface area (Å²) in [5.41, 5.74) is 1.30. The van der Waals surface area contributed by atoms with Gasteiger partial charge in [-0.05, 0) is 36.1 Å². The van der Waals surface area contributed by atoms with Crippen molar-refractivity contribution in [3.63, 3.8) is 0 Å². The van der Waals surface area contributed by atoms with Crippen molar-refractivity contribution in [1.82, 2.24) is 5.32 Å². The number of carboxylic acids is 1. The highest BCUT2D eigenvalue weighted by Gasteiger charge is 2.31. The number of hydrogen-bond acceptors (Lipinski definition) is 3. The quantitative estimate of drug-likeness (QED) is 0.679. The van der Waals surface area contributed by atoms with Gasteiger partial charge >= 0.3 is 12.3 Å². The fraction of sp³-hybridized carbons (Fsp3) is 0.300. The molecule has 1 atom stereocenters. The molecular formula is C20H20F3NO4. The monoisotopic (exact) mass is 395 g/mol. The summed E-state index contributed by atoms with van der Waals surface area (Å²) >= 11 is 0. The third-order valence-corrected chi connectivity index (χ3v) is 3.89. The third kappa shape index (κ3) is 8.11. The van der Waals surface area contributed by atoms with Crippen LogP contribution in [0.1, 0.15) is 24.0 Å². The van der Waals surface area contributed by atoms with Crippen LogP contribution >= 0.6 is 0 Å². The van der Waals surface area contributed by atoms with E-state index in [4.69, 9.17) is 5.11 Å². The molecule has 2 aromatic rings. The van der Waals surface area contributed by atoms with Gasteiger partial charge in [0.2, 0.25) is 5.91 Å². The van der Waals surface area contributed by atoms with Gasteiger partial charge in [-0.2, -0.15) is 0 Å². The summed E-state index contributed by atoms with van der Waals surface area (Å²) in [6, 6.07) is 14.1. The van der Waals surface area contributed by atoms with Crippen molar-refractivity contribution in [2.24, 2.45) is 0 Å². The number of alkyl halides is 3. The van der Waals surface area contributed by atoms with E-state index >= 15 is 0 Å². The lowest BCUT2D eigenvalue weighted by Gasteiger charge is -2.18. The van der Waals surface area contributed by atoms with Gasteiger partial charge in [0.05, 0.1) is 6.42 Å². The zero-order chi connectivity index (χ0) is 20.6. The van der Waals surface area contributed by atoms with Crippen molar-refractivity contribution in [2.45, 2.75) is 38.1 Å². The van der Waals surface area contributed by atoms with Crippen LogP contribution < -0.4 is 10.1 Å². The number of carboxylic acid groups (broad SMARTS) is 1. The molecule has 0 aliphatic heterocycles. The Hall–Kier alpha value is -3.03. The Morgan fingerprint density at radius 3 is 2.36 bits per heavy atom. The van der Waals surface area contributed by atoms with E-state index in [1.807, 2.05) is 30.3 Å². The molecule has 0 heterocycles. The van der Waals surface area contributed by atoms with Gasteiger partial charge in [-0.15, -0.1) is 13.2 Å². The van der Waals surface area contributed by atoms with E-state index in [-0.39, 0.29) is 19.3 Å². The highest BCUT2D eigenvalue weighted by Crippen LogP contribution is 2.23. The Labute approximate surface area is 160 Å². The van der Waals surface area contributed by atoms with Crippen LogP contribution in [-0.2, 0) is 22.4 Å². The fourth-order valence-corrected chi connectivity index (χ4v) is 2.74. The summed E-state index contributed by atoms with van der Waals surface area (Å²) in [7, 11) is 0. The summed E-state index contributed by atoms with van der Waals surface area (Å²) in [4.78, 5) is 23.2. The Morgan fingerprint density at radius 2 is 1.71 bits per heavy atom. The molecule has 2 aromatic carbocycles. The lowest BCUT2D eigenvalue weighted by molar-refractivity contribution is -0.274. The number of rotatable bonds is 9. The van der Waals surface area contributed by atoms with Crippen molar-refractivity contribution in [3.8, 4) is 5.75 Å². The van der Waals surface area contributed by atoms with E-state index in [1.54, 1.807) is 0 Å². The van der Waals surface area contributed by atoms with E-state index in [0.717, 1.165) is 17.7 Å². The van der Waals surface area contributed by atoms with Crippen LogP contribution in [0.2, 0.25) is 0 Å². The molecule has 150 valence electrons. The average molecular weight is 395 g/mol. The molecule has 0 spiro atoms. The molecule has 28 heavy (non-hydrogen) atoms. The summed E-state index contributed by atoms with van der Waals surface area (Å²) < 4.78 is 40.8.